The Morgan fingerprint density at radius 1 is 0.472 bits per heavy atom. The largest absolute Gasteiger partial charge is 0.456 e. The summed E-state index contributed by atoms with van der Waals surface area (Å²) in [6.45, 7) is 4.67. The molecule has 0 N–H and O–H groups in total. The molecule has 0 fully saturated rings. The Hall–Kier alpha value is -6.85. The van der Waals surface area contributed by atoms with Crippen molar-refractivity contribution < 1.29 is 4.42 Å². The summed E-state index contributed by atoms with van der Waals surface area (Å²) >= 11 is 0. The monoisotopic (exact) mass is 680 g/mol. The van der Waals surface area contributed by atoms with Gasteiger partial charge in [-0.15, -0.1) is 0 Å². The Morgan fingerprint density at radius 3 is 1.94 bits per heavy atom. The molecule has 5 nitrogen and oxygen atoms in total. The summed E-state index contributed by atoms with van der Waals surface area (Å²) in [7, 11) is 0. The lowest BCUT2D eigenvalue weighted by Crippen LogP contribution is -2.17. The highest BCUT2D eigenvalue weighted by molar-refractivity contribution is 6.13. The molecule has 0 aliphatic heterocycles. The SMILES string of the molecule is CC1(C)c2ccccc2-c2ccc3c4ccccc4n(-c4nc(-c5ccc(-c6ccccc6)cc5)nc(-c5ccc6c(c5)oc5ccccc56)n4)c3c21. The van der Waals surface area contributed by atoms with E-state index in [-0.39, 0.29) is 5.41 Å². The van der Waals surface area contributed by atoms with Crippen LogP contribution in [0.2, 0.25) is 0 Å². The molecule has 53 heavy (non-hydrogen) atoms. The molecule has 0 saturated heterocycles. The first-order valence-corrected chi connectivity index (χ1v) is 18.0. The lowest BCUT2D eigenvalue weighted by molar-refractivity contribution is 0.663. The van der Waals surface area contributed by atoms with Crippen molar-refractivity contribution >= 4 is 43.7 Å². The van der Waals surface area contributed by atoms with Crippen LogP contribution in [0.1, 0.15) is 25.0 Å². The molecule has 0 amide bonds. The van der Waals surface area contributed by atoms with Crippen molar-refractivity contribution in [2.24, 2.45) is 0 Å². The predicted molar refractivity (Wildman–Crippen MR) is 215 cm³/mol. The van der Waals surface area contributed by atoms with Gasteiger partial charge >= 0.3 is 0 Å². The summed E-state index contributed by atoms with van der Waals surface area (Å²) in [6, 6.07) is 55.3. The lowest BCUT2D eigenvalue weighted by Gasteiger charge is -2.23. The van der Waals surface area contributed by atoms with E-state index in [0.717, 1.165) is 60.6 Å². The van der Waals surface area contributed by atoms with Crippen LogP contribution < -0.4 is 0 Å². The van der Waals surface area contributed by atoms with Crippen LogP contribution in [-0.2, 0) is 5.41 Å². The summed E-state index contributed by atoms with van der Waals surface area (Å²) in [6.07, 6.45) is 0. The third kappa shape index (κ3) is 4.40. The molecular weight excluding hydrogens is 649 g/mol. The van der Waals surface area contributed by atoms with E-state index in [4.69, 9.17) is 19.4 Å². The molecule has 0 radical (unpaired) electrons. The van der Waals surface area contributed by atoms with Crippen LogP contribution in [0.15, 0.2) is 162 Å². The zero-order valence-corrected chi connectivity index (χ0v) is 29.2. The normalized spacial score (nSPS) is 13.2. The second-order valence-corrected chi connectivity index (χ2v) is 14.4. The minimum absolute atomic E-state index is 0.240. The molecule has 0 unspecified atom stereocenters. The van der Waals surface area contributed by atoms with Gasteiger partial charge in [-0.2, -0.15) is 9.97 Å². The topological polar surface area (TPSA) is 56.7 Å². The van der Waals surface area contributed by atoms with Gasteiger partial charge < -0.3 is 4.42 Å². The van der Waals surface area contributed by atoms with Crippen LogP contribution >= 0.6 is 0 Å². The molecule has 7 aromatic carbocycles. The third-order valence-electron chi connectivity index (χ3n) is 11.1. The highest BCUT2D eigenvalue weighted by Crippen LogP contribution is 2.52. The molecule has 0 bridgehead atoms. The van der Waals surface area contributed by atoms with Crippen molar-refractivity contribution in [3.8, 4) is 51.0 Å². The fraction of sp³-hybridized carbons (Fsp3) is 0.0625. The molecule has 0 saturated carbocycles. The van der Waals surface area contributed by atoms with Crippen LogP contribution in [0, 0.1) is 0 Å². The Labute approximate surface area is 305 Å². The molecule has 1 aliphatic rings. The fourth-order valence-corrected chi connectivity index (χ4v) is 8.55. The van der Waals surface area contributed by atoms with Crippen molar-refractivity contribution in [1.29, 1.82) is 0 Å². The second kappa shape index (κ2) is 11.1. The van der Waals surface area contributed by atoms with Gasteiger partial charge in [0.05, 0.1) is 11.0 Å². The number of furan rings is 1. The second-order valence-electron chi connectivity index (χ2n) is 14.4. The van der Waals surface area contributed by atoms with E-state index in [0.29, 0.717) is 17.6 Å². The van der Waals surface area contributed by atoms with E-state index in [9.17, 15) is 0 Å². The van der Waals surface area contributed by atoms with Gasteiger partial charge in [-0.25, -0.2) is 4.98 Å². The number of nitrogens with zero attached hydrogens (tertiary/aromatic N) is 4. The molecule has 3 heterocycles. The van der Waals surface area contributed by atoms with E-state index >= 15 is 0 Å². The van der Waals surface area contributed by atoms with Crippen LogP contribution in [0.3, 0.4) is 0 Å². The van der Waals surface area contributed by atoms with Gasteiger partial charge in [0.15, 0.2) is 11.6 Å². The zero-order valence-electron chi connectivity index (χ0n) is 29.2. The number of para-hydroxylation sites is 2. The zero-order chi connectivity index (χ0) is 35.3. The number of hydrogen-bond donors (Lipinski definition) is 0. The quantitative estimate of drug-likeness (QED) is 0.186. The standard InChI is InChI=1S/C48H32N4O/c1-48(2)39-17-9-6-14-33(39)37-26-27-38-34-15-7-10-18-40(34)52(44(38)43(37)48)47-50-45(31-22-20-30(21-23-31)29-12-4-3-5-13-29)49-46(51-47)32-24-25-36-35-16-8-11-19-41(35)53-42(36)28-32/h3-28H,1-2H3. The number of hydrogen-bond acceptors (Lipinski definition) is 4. The lowest BCUT2D eigenvalue weighted by atomic mass is 9.81. The van der Waals surface area contributed by atoms with E-state index in [2.05, 4.69) is 152 Å². The summed E-state index contributed by atoms with van der Waals surface area (Å²) in [4.78, 5) is 15.8. The average Bonchev–Trinajstić information content (AvgIpc) is 3.83. The molecule has 5 heteroatoms. The van der Waals surface area contributed by atoms with Crippen LogP contribution in [0.4, 0.5) is 0 Å². The molecule has 3 aromatic heterocycles. The van der Waals surface area contributed by atoms with Crippen LogP contribution in [0.25, 0.3) is 94.7 Å². The van der Waals surface area contributed by atoms with Crippen molar-refractivity contribution in [3.05, 3.63) is 169 Å². The first kappa shape index (κ1) is 29.8. The average molecular weight is 681 g/mol. The molecule has 1 aliphatic carbocycles. The molecule has 10 aromatic rings. The van der Waals surface area contributed by atoms with Gasteiger partial charge in [0.1, 0.15) is 11.2 Å². The fourth-order valence-electron chi connectivity index (χ4n) is 8.55. The van der Waals surface area contributed by atoms with E-state index in [1.165, 1.54) is 27.6 Å². The Kier molecular flexibility index (Phi) is 6.23. The van der Waals surface area contributed by atoms with E-state index in [1.807, 2.05) is 24.3 Å². The van der Waals surface area contributed by atoms with Gasteiger partial charge in [0.2, 0.25) is 5.95 Å². The maximum atomic E-state index is 6.33. The Morgan fingerprint density at radius 2 is 1.09 bits per heavy atom. The van der Waals surface area contributed by atoms with Gasteiger partial charge in [-0.3, -0.25) is 4.57 Å². The van der Waals surface area contributed by atoms with Gasteiger partial charge in [-0.1, -0.05) is 147 Å². The summed E-state index contributed by atoms with van der Waals surface area (Å²) in [5.41, 5.74) is 12.8. The van der Waals surface area contributed by atoms with E-state index < -0.39 is 0 Å². The minimum atomic E-state index is -0.240. The van der Waals surface area contributed by atoms with Crippen LogP contribution in [-0.4, -0.2) is 19.5 Å². The molecule has 250 valence electrons. The summed E-state index contributed by atoms with van der Waals surface area (Å²) in [5.74, 6) is 1.77. The molecule has 0 atom stereocenters. The Balaban J connectivity index is 1.19. The Bertz CT molecular complexity index is 3080. The van der Waals surface area contributed by atoms with Crippen LogP contribution in [0.5, 0.6) is 0 Å². The third-order valence-corrected chi connectivity index (χ3v) is 11.1. The molecule has 0 spiro atoms. The van der Waals surface area contributed by atoms with E-state index in [1.54, 1.807) is 0 Å². The number of rotatable bonds is 4. The van der Waals surface area contributed by atoms with Crippen molar-refractivity contribution in [2.45, 2.75) is 19.3 Å². The van der Waals surface area contributed by atoms with Gasteiger partial charge in [-0.05, 0) is 57.6 Å². The maximum Gasteiger partial charge on any atom is 0.238 e. The smallest absolute Gasteiger partial charge is 0.238 e. The van der Waals surface area contributed by atoms with Gasteiger partial charge in [0.25, 0.3) is 0 Å². The summed E-state index contributed by atoms with van der Waals surface area (Å²) < 4.78 is 8.60. The summed E-state index contributed by atoms with van der Waals surface area (Å²) in [5, 5.41) is 4.50. The molecular formula is C48H32N4O. The number of aromatic nitrogens is 4. The highest BCUT2D eigenvalue weighted by atomic mass is 16.3. The highest BCUT2D eigenvalue weighted by Gasteiger charge is 2.38. The van der Waals surface area contributed by atoms with Crippen molar-refractivity contribution in [2.75, 3.05) is 0 Å². The van der Waals surface area contributed by atoms with Crippen molar-refractivity contribution in [1.82, 2.24) is 19.5 Å². The minimum Gasteiger partial charge on any atom is -0.456 e. The van der Waals surface area contributed by atoms with Gasteiger partial charge in [0, 0.05) is 38.1 Å². The maximum absolute atomic E-state index is 6.33. The predicted octanol–water partition coefficient (Wildman–Crippen LogP) is 12.2. The molecule has 11 rings (SSSR count). The van der Waals surface area contributed by atoms with Crippen molar-refractivity contribution in [3.63, 3.8) is 0 Å². The first-order valence-electron chi connectivity index (χ1n) is 18.0. The first-order chi connectivity index (χ1) is 26.0. The number of benzene rings is 7. The number of fused-ring (bicyclic) bond motifs is 10.